The zero-order valence-corrected chi connectivity index (χ0v) is 19.2. The number of nitrogens with zero attached hydrogens (tertiary/aromatic N) is 1. The molecular weight excluding hydrogens is 541 g/mol. The van der Waals surface area contributed by atoms with Crippen LogP contribution in [0.3, 0.4) is 0 Å². The second-order valence-electron chi connectivity index (χ2n) is 8.43. The van der Waals surface area contributed by atoms with E-state index in [1.54, 1.807) is 0 Å². The van der Waals surface area contributed by atoms with E-state index in [9.17, 15) is 45.1 Å². The molecule has 0 radical (unpaired) electrons. The lowest BCUT2D eigenvalue weighted by atomic mass is 10.0. The number of benzene rings is 3. The van der Waals surface area contributed by atoms with E-state index in [1.807, 2.05) is 0 Å². The Bertz CT molecular complexity index is 1490. The number of nitrogens with one attached hydrogen (secondary N) is 1. The molecule has 0 bridgehead atoms. The van der Waals surface area contributed by atoms with Crippen molar-refractivity contribution in [2.24, 2.45) is 0 Å². The Hall–Kier alpha value is -4.62. The summed E-state index contributed by atoms with van der Waals surface area (Å²) in [5, 5.41) is 1.52. The molecule has 0 saturated heterocycles. The molecule has 39 heavy (non-hydrogen) atoms. The summed E-state index contributed by atoms with van der Waals surface area (Å²) in [4.78, 5) is 39.9. The number of ether oxygens (including phenoxy) is 2. The van der Waals surface area contributed by atoms with Crippen LogP contribution in [-0.4, -0.2) is 35.5 Å². The summed E-state index contributed by atoms with van der Waals surface area (Å²) in [6.07, 6.45) is -6.27. The average molecular weight is 554 g/mol. The topological polar surface area (TPSA) is 84.9 Å². The van der Waals surface area contributed by atoms with Gasteiger partial charge in [0.15, 0.2) is 34.8 Å². The maximum atomic E-state index is 14.5. The summed E-state index contributed by atoms with van der Waals surface area (Å²) >= 11 is 0. The third kappa shape index (κ3) is 4.30. The zero-order chi connectivity index (χ0) is 28.2. The Labute approximate surface area is 213 Å². The number of hydrogen-bond acceptors (Lipinski definition) is 5. The first-order chi connectivity index (χ1) is 18.4. The molecule has 1 N–H and O–H groups in total. The van der Waals surface area contributed by atoms with E-state index >= 15 is 0 Å². The molecule has 0 spiro atoms. The Morgan fingerprint density at radius 2 is 1.44 bits per heavy atom. The van der Waals surface area contributed by atoms with Crippen molar-refractivity contribution in [1.29, 1.82) is 0 Å². The van der Waals surface area contributed by atoms with E-state index in [2.05, 4.69) is 0 Å². The lowest BCUT2D eigenvalue weighted by Gasteiger charge is -2.26. The van der Waals surface area contributed by atoms with E-state index in [1.165, 1.54) is 47.8 Å². The fourth-order valence-corrected chi connectivity index (χ4v) is 4.28. The highest BCUT2D eigenvalue weighted by atomic mass is 19.4. The second-order valence-corrected chi connectivity index (χ2v) is 8.43. The molecule has 0 unspecified atom stereocenters. The van der Waals surface area contributed by atoms with Gasteiger partial charge in [0.1, 0.15) is 17.3 Å². The largest absolute Gasteiger partial charge is 0.454 e. The van der Waals surface area contributed by atoms with E-state index < -0.39 is 70.9 Å². The summed E-state index contributed by atoms with van der Waals surface area (Å²) in [6, 6.07) is 7.90. The van der Waals surface area contributed by atoms with Gasteiger partial charge < -0.3 is 14.8 Å². The zero-order valence-electron chi connectivity index (χ0n) is 19.2. The van der Waals surface area contributed by atoms with Crippen LogP contribution in [0.5, 0.6) is 11.5 Å². The molecule has 1 atom stereocenters. The summed E-state index contributed by atoms with van der Waals surface area (Å²) in [6.45, 7) is -0.106. The van der Waals surface area contributed by atoms with Crippen LogP contribution in [0.4, 0.5) is 36.4 Å². The molecule has 5 rings (SSSR count). The number of amides is 3. The van der Waals surface area contributed by atoms with Gasteiger partial charge in [-0.05, 0) is 29.8 Å². The number of halogens is 7. The number of fused-ring (bicyclic) bond motifs is 2. The van der Waals surface area contributed by atoms with Gasteiger partial charge in [-0.2, -0.15) is 13.2 Å². The minimum atomic E-state index is -5.79. The van der Waals surface area contributed by atoms with Crippen molar-refractivity contribution in [2.75, 3.05) is 12.1 Å². The van der Waals surface area contributed by atoms with Crippen LogP contribution in [0.1, 0.15) is 31.8 Å². The van der Waals surface area contributed by atoms with Gasteiger partial charge >= 0.3 is 6.18 Å². The van der Waals surface area contributed by atoms with E-state index in [0.29, 0.717) is 10.6 Å². The van der Waals surface area contributed by atoms with Crippen molar-refractivity contribution < 1.29 is 54.6 Å². The SMILES string of the molecule is O=C(Nc1c(F)c(F)c(C(F)(F)F)c(F)c1F)[C@H](Cc1ccc2c(c1)OCO2)N1C(=O)c2ccccc2C1=O. The van der Waals surface area contributed by atoms with Crippen LogP contribution in [0.2, 0.25) is 0 Å². The molecule has 0 saturated carbocycles. The highest BCUT2D eigenvalue weighted by Gasteiger charge is 2.45. The van der Waals surface area contributed by atoms with Gasteiger partial charge in [-0.15, -0.1) is 0 Å². The van der Waals surface area contributed by atoms with Gasteiger partial charge in [0, 0.05) is 6.42 Å². The van der Waals surface area contributed by atoms with Crippen molar-refractivity contribution >= 4 is 23.4 Å². The van der Waals surface area contributed by atoms with Crippen LogP contribution in [0, 0.1) is 23.3 Å². The number of imide groups is 1. The maximum absolute atomic E-state index is 14.5. The van der Waals surface area contributed by atoms with Gasteiger partial charge in [0.25, 0.3) is 11.8 Å². The summed E-state index contributed by atoms with van der Waals surface area (Å²) in [7, 11) is 0. The molecule has 3 aromatic carbocycles. The molecule has 0 fully saturated rings. The molecule has 2 aliphatic rings. The predicted octanol–water partition coefficient (Wildman–Crippen LogP) is 4.84. The Kier molecular flexibility index (Phi) is 6.19. The van der Waals surface area contributed by atoms with E-state index in [4.69, 9.17) is 9.47 Å². The van der Waals surface area contributed by atoms with Crippen molar-refractivity contribution in [1.82, 2.24) is 4.90 Å². The minimum Gasteiger partial charge on any atom is -0.454 e. The smallest absolute Gasteiger partial charge is 0.422 e. The lowest BCUT2D eigenvalue weighted by molar-refractivity contribution is -0.143. The van der Waals surface area contributed by atoms with E-state index in [-0.39, 0.29) is 29.2 Å². The van der Waals surface area contributed by atoms with Crippen LogP contribution in [-0.2, 0) is 17.4 Å². The average Bonchev–Trinajstić information content (AvgIpc) is 3.45. The first-order valence-corrected chi connectivity index (χ1v) is 11.0. The monoisotopic (exact) mass is 554 g/mol. The first kappa shape index (κ1) is 26.0. The first-order valence-electron chi connectivity index (χ1n) is 11.0. The summed E-state index contributed by atoms with van der Waals surface area (Å²) in [5.74, 6) is -13.5. The van der Waals surface area contributed by atoms with Crippen molar-refractivity contribution in [2.45, 2.75) is 18.6 Å². The van der Waals surface area contributed by atoms with Gasteiger partial charge in [-0.3, -0.25) is 19.3 Å². The fourth-order valence-electron chi connectivity index (χ4n) is 4.28. The lowest BCUT2D eigenvalue weighted by Crippen LogP contribution is -2.48. The molecule has 0 aromatic heterocycles. The Balaban J connectivity index is 1.55. The normalized spacial score (nSPS) is 15.0. The number of carbonyl (C=O) groups is 3. The molecular formula is C25H13F7N2O5. The molecule has 0 aliphatic carbocycles. The number of anilines is 1. The molecule has 3 aromatic rings. The minimum absolute atomic E-state index is 0.0880. The molecule has 2 aliphatic heterocycles. The third-order valence-electron chi connectivity index (χ3n) is 6.10. The Morgan fingerprint density at radius 3 is 2.00 bits per heavy atom. The molecule has 7 nitrogen and oxygen atoms in total. The maximum Gasteiger partial charge on any atom is 0.422 e. The quantitative estimate of drug-likeness (QED) is 0.278. The second kappa shape index (κ2) is 9.29. The van der Waals surface area contributed by atoms with Gasteiger partial charge in [-0.1, -0.05) is 18.2 Å². The van der Waals surface area contributed by atoms with Crippen molar-refractivity contribution in [3.8, 4) is 11.5 Å². The molecule has 2 heterocycles. The number of rotatable bonds is 5. The summed E-state index contributed by atoms with van der Waals surface area (Å²) in [5.41, 5.74) is -4.60. The van der Waals surface area contributed by atoms with Crippen LogP contribution < -0.4 is 14.8 Å². The van der Waals surface area contributed by atoms with E-state index in [0.717, 1.165) is 0 Å². The molecule has 14 heteroatoms. The van der Waals surface area contributed by atoms with Gasteiger partial charge in [0.05, 0.1) is 11.1 Å². The number of hydrogen-bond donors (Lipinski definition) is 1. The van der Waals surface area contributed by atoms with Crippen molar-refractivity contribution in [3.05, 3.63) is 88.0 Å². The predicted molar refractivity (Wildman–Crippen MR) is 117 cm³/mol. The molecule has 202 valence electrons. The summed E-state index contributed by atoms with van der Waals surface area (Å²) < 4.78 is 107. The third-order valence-corrected chi connectivity index (χ3v) is 6.10. The Morgan fingerprint density at radius 1 is 0.872 bits per heavy atom. The van der Waals surface area contributed by atoms with Gasteiger partial charge in [-0.25, -0.2) is 17.6 Å². The molecule has 3 amide bonds. The number of carbonyl (C=O) groups excluding carboxylic acids is 3. The van der Waals surface area contributed by atoms with Crippen LogP contribution in [0.25, 0.3) is 0 Å². The van der Waals surface area contributed by atoms with Crippen molar-refractivity contribution in [3.63, 3.8) is 0 Å². The van der Waals surface area contributed by atoms with Gasteiger partial charge in [0.2, 0.25) is 12.7 Å². The van der Waals surface area contributed by atoms with Crippen LogP contribution >= 0.6 is 0 Å². The highest BCUT2D eigenvalue weighted by Crippen LogP contribution is 2.39. The highest BCUT2D eigenvalue weighted by molar-refractivity contribution is 6.23. The standard InChI is InChI=1S/C25H13F7N2O5/c26-17-16(25(30,31)32)18(27)20(29)21(19(17)28)33-22(35)13(7-10-5-6-14-15(8-10)39-9-38-14)34-23(36)11-3-1-2-4-12(11)24(34)37/h1-6,8,13H,7,9H2,(H,33,35)/t13-/m0/s1. The number of alkyl halides is 3. The fraction of sp³-hybridized carbons (Fsp3) is 0.160. The van der Waals surface area contributed by atoms with Crippen LogP contribution in [0.15, 0.2) is 42.5 Å².